The predicted octanol–water partition coefficient (Wildman–Crippen LogP) is 6.07. The van der Waals surface area contributed by atoms with Crippen LogP contribution in [0.25, 0.3) is 32.5 Å². The molecule has 0 atom stereocenters. The van der Waals surface area contributed by atoms with Crippen molar-refractivity contribution in [2.24, 2.45) is 0 Å². The molecule has 0 unspecified atom stereocenters. The zero-order chi connectivity index (χ0) is 25.3. The lowest BCUT2D eigenvalue weighted by Crippen LogP contribution is -2.27. The number of hydrogen-bond donors (Lipinski definition) is 0. The highest BCUT2D eigenvalue weighted by Gasteiger charge is 2.19. The third-order valence-electron chi connectivity index (χ3n) is 6.28. The van der Waals surface area contributed by atoms with Crippen LogP contribution in [0.5, 0.6) is 0 Å². The fourth-order valence-corrected chi connectivity index (χ4v) is 5.74. The van der Waals surface area contributed by atoms with E-state index >= 15 is 0 Å². The number of rotatable bonds is 9. The van der Waals surface area contributed by atoms with Crippen molar-refractivity contribution in [3.05, 3.63) is 69.8 Å². The SMILES string of the molecule is Cc1cc(CCC2OC=CO2)cc2c(=O)n(COCC[Si](C)(C)C)c(-c3cc4ccsc4cn3)nc12. The zero-order valence-corrected chi connectivity index (χ0v) is 22.9. The van der Waals surface area contributed by atoms with Crippen molar-refractivity contribution >= 4 is 40.4 Å². The Hall–Kier alpha value is -3.01. The molecule has 1 aliphatic rings. The van der Waals surface area contributed by atoms with E-state index in [1.807, 2.05) is 30.6 Å². The molecule has 4 heterocycles. The Kier molecular flexibility index (Phi) is 6.96. The fraction of sp³-hybridized carbons (Fsp3) is 0.370. The Morgan fingerprint density at radius 1 is 1.17 bits per heavy atom. The molecule has 1 aromatic carbocycles. The summed E-state index contributed by atoms with van der Waals surface area (Å²) in [7, 11) is -1.25. The van der Waals surface area contributed by atoms with Crippen LogP contribution >= 0.6 is 11.3 Å². The van der Waals surface area contributed by atoms with Gasteiger partial charge in [0.2, 0.25) is 6.29 Å². The van der Waals surface area contributed by atoms with Crippen LogP contribution in [0.4, 0.5) is 0 Å². The van der Waals surface area contributed by atoms with Gasteiger partial charge in [0.15, 0.2) is 5.82 Å². The maximum atomic E-state index is 13.9. The summed E-state index contributed by atoms with van der Waals surface area (Å²) in [5, 5.41) is 3.72. The van der Waals surface area contributed by atoms with Crippen molar-refractivity contribution in [1.82, 2.24) is 14.5 Å². The monoisotopic (exact) mass is 521 g/mol. The first-order valence-electron chi connectivity index (χ1n) is 12.2. The highest BCUT2D eigenvalue weighted by atomic mass is 32.1. The normalized spacial score (nSPS) is 14.0. The number of ether oxygens (including phenoxy) is 3. The van der Waals surface area contributed by atoms with Gasteiger partial charge in [-0.3, -0.25) is 14.3 Å². The largest absolute Gasteiger partial charge is 0.459 e. The molecule has 3 aromatic heterocycles. The van der Waals surface area contributed by atoms with E-state index in [0.29, 0.717) is 35.4 Å². The van der Waals surface area contributed by atoms with Gasteiger partial charge in [0.1, 0.15) is 24.9 Å². The maximum Gasteiger partial charge on any atom is 0.263 e. The average Bonchev–Trinajstić information content (AvgIpc) is 3.52. The van der Waals surface area contributed by atoms with E-state index < -0.39 is 8.07 Å². The van der Waals surface area contributed by atoms with E-state index in [1.54, 1.807) is 28.4 Å². The Labute approximate surface area is 215 Å². The number of aryl methyl sites for hydroxylation is 2. The van der Waals surface area contributed by atoms with Gasteiger partial charge in [-0.2, -0.15) is 0 Å². The molecule has 36 heavy (non-hydrogen) atoms. The van der Waals surface area contributed by atoms with Gasteiger partial charge in [0.05, 0.1) is 15.6 Å². The highest BCUT2D eigenvalue weighted by Crippen LogP contribution is 2.27. The van der Waals surface area contributed by atoms with E-state index in [2.05, 4.69) is 36.8 Å². The molecular weight excluding hydrogens is 490 g/mol. The summed E-state index contributed by atoms with van der Waals surface area (Å²) in [6.07, 6.45) is 6.11. The Balaban J connectivity index is 1.54. The Morgan fingerprint density at radius 2 is 1.97 bits per heavy atom. The molecule has 9 heteroatoms. The summed E-state index contributed by atoms with van der Waals surface area (Å²) in [4.78, 5) is 23.5. The molecule has 5 rings (SSSR count). The predicted molar refractivity (Wildman–Crippen MR) is 147 cm³/mol. The summed E-state index contributed by atoms with van der Waals surface area (Å²) in [6.45, 7) is 9.69. The minimum Gasteiger partial charge on any atom is -0.459 e. The molecule has 4 aromatic rings. The number of fused-ring (bicyclic) bond motifs is 2. The number of benzene rings is 1. The lowest BCUT2D eigenvalue weighted by molar-refractivity contribution is -0.0275. The first-order valence-corrected chi connectivity index (χ1v) is 16.8. The van der Waals surface area contributed by atoms with Crippen LogP contribution in [0.3, 0.4) is 0 Å². The minimum absolute atomic E-state index is 0.116. The number of pyridine rings is 1. The molecule has 0 fully saturated rings. The van der Waals surface area contributed by atoms with E-state index in [0.717, 1.165) is 33.7 Å². The summed E-state index contributed by atoms with van der Waals surface area (Å²) in [5.74, 6) is 0.531. The lowest BCUT2D eigenvalue weighted by atomic mass is 10.0. The molecule has 0 bridgehead atoms. The first-order chi connectivity index (χ1) is 17.3. The second-order valence-corrected chi connectivity index (χ2v) is 16.9. The lowest BCUT2D eigenvalue weighted by Gasteiger charge is -2.18. The second-order valence-electron chi connectivity index (χ2n) is 10.4. The molecule has 0 amide bonds. The van der Waals surface area contributed by atoms with Crippen molar-refractivity contribution in [1.29, 1.82) is 0 Å². The summed E-state index contributed by atoms with van der Waals surface area (Å²) >= 11 is 1.64. The number of nitrogens with zero attached hydrogens (tertiary/aromatic N) is 3. The van der Waals surface area contributed by atoms with Crippen LogP contribution < -0.4 is 5.56 Å². The Bertz CT molecular complexity index is 1480. The number of hydrogen-bond acceptors (Lipinski definition) is 7. The third-order valence-corrected chi connectivity index (χ3v) is 8.85. The van der Waals surface area contributed by atoms with Crippen LogP contribution in [0, 0.1) is 6.92 Å². The molecule has 0 saturated heterocycles. The van der Waals surface area contributed by atoms with Crippen molar-refractivity contribution in [3.8, 4) is 11.5 Å². The molecular formula is C27H31N3O4SSi. The van der Waals surface area contributed by atoms with Gasteiger partial charge in [-0.25, -0.2) is 4.98 Å². The van der Waals surface area contributed by atoms with E-state index in [-0.39, 0.29) is 18.6 Å². The fourth-order valence-electron chi connectivity index (χ4n) is 4.25. The molecule has 7 nitrogen and oxygen atoms in total. The van der Waals surface area contributed by atoms with E-state index in [9.17, 15) is 4.79 Å². The van der Waals surface area contributed by atoms with Crippen molar-refractivity contribution < 1.29 is 14.2 Å². The van der Waals surface area contributed by atoms with Crippen LogP contribution in [-0.2, 0) is 27.4 Å². The van der Waals surface area contributed by atoms with Gasteiger partial charge in [-0.15, -0.1) is 11.3 Å². The van der Waals surface area contributed by atoms with Crippen molar-refractivity contribution in [3.63, 3.8) is 0 Å². The quantitative estimate of drug-likeness (QED) is 0.197. The molecule has 0 saturated carbocycles. The standard InChI is InChI=1S/C27H31N3O4SSi/c1-18-13-19(5-6-24-33-8-9-34-24)14-21-25(18)29-26(22-15-20-7-11-35-23(20)16-28-22)30(27(21)31)17-32-10-12-36(2,3)4/h7-9,11,13-16,24H,5-6,10,12,17H2,1-4H3. The molecule has 0 radical (unpaired) electrons. The third kappa shape index (κ3) is 5.38. The number of thiophene rings is 1. The summed E-state index contributed by atoms with van der Waals surface area (Å²) in [6, 6.07) is 9.12. The van der Waals surface area contributed by atoms with E-state index in [4.69, 9.17) is 19.2 Å². The second kappa shape index (κ2) is 10.2. The molecule has 1 aliphatic heterocycles. The topological polar surface area (TPSA) is 75.5 Å². The minimum atomic E-state index is -1.25. The van der Waals surface area contributed by atoms with Gasteiger partial charge in [-0.1, -0.05) is 25.7 Å². The van der Waals surface area contributed by atoms with Crippen LogP contribution in [0.1, 0.15) is 17.5 Å². The molecule has 0 spiro atoms. The maximum absolute atomic E-state index is 13.9. The van der Waals surface area contributed by atoms with Crippen LogP contribution in [0.15, 0.2) is 53.2 Å². The molecule has 0 aliphatic carbocycles. The average molecular weight is 522 g/mol. The van der Waals surface area contributed by atoms with Gasteiger partial charge in [0.25, 0.3) is 5.56 Å². The number of aromatic nitrogens is 3. The smallest absolute Gasteiger partial charge is 0.263 e. The zero-order valence-electron chi connectivity index (χ0n) is 21.1. The molecule has 188 valence electrons. The summed E-state index contributed by atoms with van der Waals surface area (Å²) < 4.78 is 19.6. The Morgan fingerprint density at radius 3 is 2.75 bits per heavy atom. The van der Waals surface area contributed by atoms with Crippen molar-refractivity contribution in [2.75, 3.05) is 6.61 Å². The van der Waals surface area contributed by atoms with Crippen molar-refractivity contribution in [2.45, 2.75) is 58.5 Å². The van der Waals surface area contributed by atoms with Gasteiger partial charge in [0, 0.05) is 27.3 Å². The first kappa shape index (κ1) is 24.7. The van der Waals surface area contributed by atoms with Gasteiger partial charge in [-0.05, 0) is 59.5 Å². The highest BCUT2D eigenvalue weighted by molar-refractivity contribution is 7.17. The van der Waals surface area contributed by atoms with Gasteiger partial charge < -0.3 is 14.2 Å². The van der Waals surface area contributed by atoms with E-state index in [1.165, 1.54) is 0 Å². The summed E-state index contributed by atoms with van der Waals surface area (Å²) in [5.41, 5.74) is 3.25. The molecule has 0 N–H and O–H groups in total. The van der Waals surface area contributed by atoms with Crippen LogP contribution in [0.2, 0.25) is 25.7 Å². The van der Waals surface area contributed by atoms with Crippen LogP contribution in [-0.4, -0.2) is 35.5 Å². The van der Waals surface area contributed by atoms with Gasteiger partial charge >= 0.3 is 0 Å².